The number of carbonyl (C=O) groups is 1. The predicted octanol–water partition coefficient (Wildman–Crippen LogP) is 5.13. The normalized spacial score (nSPS) is 10.9. The third kappa shape index (κ3) is 4.82. The maximum atomic E-state index is 12.4. The van der Waals surface area contributed by atoms with Crippen LogP contribution < -0.4 is 10.1 Å². The number of nitrogens with one attached hydrogen (secondary N) is 1. The molecule has 7 heteroatoms. The quantitative estimate of drug-likeness (QED) is 0.441. The molecule has 1 N–H and O–H groups in total. The maximum absolute atomic E-state index is 12.4. The fourth-order valence-electron chi connectivity index (χ4n) is 2.26. The summed E-state index contributed by atoms with van der Waals surface area (Å²) in [6, 6.07) is 16.8. The topological polar surface area (TPSA) is 75.0 Å². The minimum atomic E-state index is -0.495. The summed E-state index contributed by atoms with van der Waals surface area (Å²) >= 11 is 4.70. The van der Waals surface area contributed by atoms with Gasteiger partial charge >= 0.3 is 0 Å². The molecule has 0 atom stereocenters. The second kappa shape index (κ2) is 8.62. The van der Waals surface area contributed by atoms with Gasteiger partial charge in [0.15, 0.2) is 5.13 Å². The Hall–Kier alpha value is -2.95. The van der Waals surface area contributed by atoms with Crippen molar-refractivity contribution in [2.45, 2.75) is 0 Å². The smallest absolute Gasteiger partial charge is 0.268 e. The van der Waals surface area contributed by atoms with Crippen molar-refractivity contribution in [1.82, 2.24) is 4.98 Å². The lowest BCUT2D eigenvalue weighted by atomic mass is 10.1. The van der Waals surface area contributed by atoms with Gasteiger partial charge in [-0.15, -0.1) is 11.3 Å². The molecular formula is C20H14BrN3O2S. The van der Waals surface area contributed by atoms with Crippen LogP contribution in [0.3, 0.4) is 0 Å². The molecule has 5 nitrogen and oxygen atoms in total. The highest BCUT2D eigenvalue weighted by atomic mass is 79.9. The minimum Gasteiger partial charge on any atom is -0.497 e. The number of nitriles is 1. The van der Waals surface area contributed by atoms with Crippen LogP contribution in [-0.4, -0.2) is 18.0 Å². The molecule has 134 valence electrons. The monoisotopic (exact) mass is 439 g/mol. The van der Waals surface area contributed by atoms with Gasteiger partial charge in [0, 0.05) is 15.4 Å². The molecule has 2 aromatic carbocycles. The largest absolute Gasteiger partial charge is 0.497 e. The Morgan fingerprint density at radius 1 is 1.22 bits per heavy atom. The number of thiazole rings is 1. The van der Waals surface area contributed by atoms with Gasteiger partial charge < -0.3 is 4.74 Å². The van der Waals surface area contributed by atoms with Crippen molar-refractivity contribution in [3.8, 4) is 23.1 Å². The van der Waals surface area contributed by atoms with E-state index in [1.807, 2.05) is 35.7 Å². The first-order valence-electron chi connectivity index (χ1n) is 7.87. The Morgan fingerprint density at radius 3 is 2.56 bits per heavy atom. The van der Waals surface area contributed by atoms with E-state index in [-0.39, 0.29) is 5.57 Å². The number of halogens is 1. The number of benzene rings is 2. The summed E-state index contributed by atoms with van der Waals surface area (Å²) in [6.07, 6.45) is 1.53. The highest BCUT2D eigenvalue weighted by Crippen LogP contribution is 2.26. The summed E-state index contributed by atoms with van der Waals surface area (Å²) in [5.41, 5.74) is 2.45. The molecular weight excluding hydrogens is 426 g/mol. The summed E-state index contributed by atoms with van der Waals surface area (Å²) in [5.74, 6) is 0.211. The van der Waals surface area contributed by atoms with Crippen molar-refractivity contribution in [3.63, 3.8) is 0 Å². The second-order valence-electron chi connectivity index (χ2n) is 5.44. The summed E-state index contributed by atoms with van der Waals surface area (Å²) in [6.45, 7) is 0. The van der Waals surface area contributed by atoms with Gasteiger partial charge in [0.25, 0.3) is 5.91 Å². The van der Waals surface area contributed by atoms with Gasteiger partial charge in [0.1, 0.15) is 17.4 Å². The number of carbonyl (C=O) groups excluding carboxylic acids is 1. The number of anilines is 1. The lowest BCUT2D eigenvalue weighted by Crippen LogP contribution is -2.13. The second-order valence-corrected chi connectivity index (χ2v) is 7.22. The van der Waals surface area contributed by atoms with E-state index >= 15 is 0 Å². The molecule has 3 rings (SSSR count). The predicted molar refractivity (Wildman–Crippen MR) is 110 cm³/mol. The van der Waals surface area contributed by atoms with Gasteiger partial charge in [-0.1, -0.05) is 40.2 Å². The van der Waals surface area contributed by atoms with E-state index in [1.165, 1.54) is 17.4 Å². The highest BCUT2D eigenvalue weighted by Gasteiger charge is 2.12. The third-order valence-electron chi connectivity index (χ3n) is 3.66. The van der Waals surface area contributed by atoms with Crippen molar-refractivity contribution in [2.24, 2.45) is 0 Å². The molecule has 0 aliphatic rings. The number of ether oxygens (including phenoxy) is 1. The molecule has 0 fully saturated rings. The maximum Gasteiger partial charge on any atom is 0.268 e. The van der Waals surface area contributed by atoms with E-state index in [0.29, 0.717) is 10.9 Å². The Kier molecular flexibility index (Phi) is 6.01. The number of aromatic nitrogens is 1. The first-order valence-corrected chi connectivity index (χ1v) is 9.55. The van der Waals surface area contributed by atoms with Crippen molar-refractivity contribution in [2.75, 3.05) is 12.4 Å². The van der Waals surface area contributed by atoms with Crippen LogP contribution in [0.5, 0.6) is 5.75 Å². The van der Waals surface area contributed by atoms with Crippen LogP contribution in [0.15, 0.2) is 64.0 Å². The van der Waals surface area contributed by atoms with Crippen LogP contribution in [0.2, 0.25) is 0 Å². The first kappa shape index (κ1) is 18.8. The molecule has 3 aromatic rings. The van der Waals surface area contributed by atoms with Gasteiger partial charge in [0.05, 0.1) is 12.8 Å². The van der Waals surface area contributed by atoms with Crippen LogP contribution in [0.25, 0.3) is 17.3 Å². The van der Waals surface area contributed by atoms with Crippen LogP contribution >= 0.6 is 27.3 Å². The number of rotatable bonds is 5. The van der Waals surface area contributed by atoms with E-state index in [4.69, 9.17) is 4.74 Å². The fourth-order valence-corrected chi connectivity index (χ4v) is 3.24. The molecule has 0 radical (unpaired) electrons. The number of nitrogens with zero attached hydrogens (tertiary/aromatic N) is 2. The standard InChI is InChI=1S/C20H14BrN3O2S/c1-26-17-8-2-13(3-9-17)10-15(11-22)19(25)24-20-23-18(12-27-20)14-4-6-16(21)7-5-14/h2-10,12H,1H3,(H,23,24,25). The van der Waals surface area contributed by atoms with Crippen LogP contribution in [0, 0.1) is 11.3 Å². The zero-order valence-electron chi connectivity index (χ0n) is 14.3. The summed E-state index contributed by atoms with van der Waals surface area (Å²) in [4.78, 5) is 16.8. The zero-order chi connectivity index (χ0) is 19.2. The van der Waals surface area contributed by atoms with E-state index in [2.05, 4.69) is 26.2 Å². The molecule has 0 unspecified atom stereocenters. The van der Waals surface area contributed by atoms with Gasteiger partial charge in [0.2, 0.25) is 0 Å². The minimum absolute atomic E-state index is 0.000517. The highest BCUT2D eigenvalue weighted by molar-refractivity contribution is 9.10. The first-order chi connectivity index (χ1) is 13.1. The van der Waals surface area contributed by atoms with E-state index in [0.717, 1.165) is 21.3 Å². The Bertz CT molecular complexity index is 1020. The van der Waals surface area contributed by atoms with Crippen molar-refractivity contribution in [1.29, 1.82) is 5.26 Å². The number of hydrogen-bond donors (Lipinski definition) is 1. The molecule has 0 bridgehead atoms. The molecule has 0 spiro atoms. The van der Waals surface area contributed by atoms with Crippen LogP contribution in [0.1, 0.15) is 5.56 Å². The molecule has 1 aromatic heterocycles. The van der Waals surface area contributed by atoms with Gasteiger partial charge in [-0.2, -0.15) is 5.26 Å². The van der Waals surface area contributed by atoms with Crippen LogP contribution in [0.4, 0.5) is 5.13 Å². The van der Waals surface area contributed by atoms with Crippen molar-refractivity contribution < 1.29 is 9.53 Å². The molecule has 0 aliphatic heterocycles. The molecule has 0 aliphatic carbocycles. The van der Waals surface area contributed by atoms with Crippen LogP contribution in [-0.2, 0) is 4.79 Å². The summed E-state index contributed by atoms with van der Waals surface area (Å²) < 4.78 is 6.08. The molecule has 27 heavy (non-hydrogen) atoms. The van der Waals surface area contributed by atoms with E-state index < -0.39 is 5.91 Å². The number of methoxy groups -OCH3 is 1. The molecule has 1 heterocycles. The van der Waals surface area contributed by atoms with E-state index in [1.54, 1.807) is 31.4 Å². The summed E-state index contributed by atoms with van der Waals surface area (Å²) in [7, 11) is 1.58. The average Bonchev–Trinajstić information content (AvgIpc) is 3.15. The molecule has 0 saturated heterocycles. The average molecular weight is 440 g/mol. The molecule has 1 amide bonds. The lowest BCUT2D eigenvalue weighted by molar-refractivity contribution is -0.112. The fraction of sp³-hybridized carbons (Fsp3) is 0.0500. The Labute approximate surface area is 169 Å². The third-order valence-corrected chi connectivity index (χ3v) is 4.94. The number of hydrogen-bond acceptors (Lipinski definition) is 5. The van der Waals surface area contributed by atoms with Crippen molar-refractivity contribution >= 4 is 44.4 Å². The Morgan fingerprint density at radius 2 is 1.93 bits per heavy atom. The molecule has 0 saturated carbocycles. The van der Waals surface area contributed by atoms with Crippen molar-refractivity contribution in [3.05, 3.63) is 69.5 Å². The number of amides is 1. The zero-order valence-corrected chi connectivity index (χ0v) is 16.7. The summed E-state index contributed by atoms with van der Waals surface area (Å²) in [5, 5.41) is 14.3. The van der Waals surface area contributed by atoms with Gasteiger partial charge in [-0.3, -0.25) is 10.1 Å². The lowest BCUT2D eigenvalue weighted by Gasteiger charge is -2.02. The van der Waals surface area contributed by atoms with Gasteiger partial charge in [-0.05, 0) is 35.9 Å². The SMILES string of the molecule is COc1ccc(C=C(C#N)C(=O)Nc2nc(-c3ccc(Br)cc3)cs2)cc1. The Balaban J connectivity index is 1.74. The van der Waals surface area contributed by atoms with E-state index in [9.17, 15) is 10.1 Å². The van der Waals surface area contributed by atoms with Gasteiger partial charge in [-0.25, -0.2) is 4.98 Å².